The molecule has 0 saturated carbocycles. The van der Waals surface area contributed by atoms with Gasteiger partial charge in [-0.25, -0.2) is 4.79 Å². The predicted molar refractivity (Wildman–Crippen MR) is 141 cm³/mol. The van der Waals surface area contributed by atoms with Crippen molar-refractivity contribution in [1.82, 2.24) is 14.4 Å². The smallest absolute Gasteiger partial charge is 0.337 e. The van der Waals surface area contributed by atoms with Crippen LogP contribution in [0, 0.1) is 0 Å². The molecular formula is C28H31N3O5. The van der Waals surface area contributed by atoms with E-state index >= 15 is 0 Å². The Morgan fingerprint density at radius 1 is 0.889 bits per heavy atom. The lowest BCUT2D eigenvalue weighted by atomic mass is 10.1. The minimum Gasteiger partial charge on any atom is -0.496 e. The molecule has 0 bridgehead atoms. The lowest BCUT2D eigenvalue weighted by Gasteiger charge is -2.12. The Kier molecular flexibility index (Phi) is 8.32. The van der Waals surface area contributed by atoms with Crippen LogP contribution in [0.15, 0.2) is 54.7 Å². The van der Waals surface area contributed by atoms with E-state index in [0.29, 0.717) is 17.9 Å². The van der Waals surface area contributed by atoms with Crippen molar-refractivity contribution in [2.24, 2.45) is 0 Å². The Hall–Kier alpha value is -4.33. The van der Waals surface area contributed by atoms with Crippen molar-refractivity contribution in [1.29, 1.82) is 0 Å². The standard InChI is InChI=1S/C28H31N3O5/c1-29(2)26(32)13-8-19-7-12-23-21(11-14-27(33)30(3)4)17-31(24(23)15-19)18-22-10-9-20(28(34)36-6)16-25(22)35-5/h7-17H,18H2,1-6H3. The van der Waals surface area contributed by atoms with Gasteiger partial charge in [-0.2, -0.15) is 0 Å². The number of hydrogen-bond acceptors (Lipinski definition) is 5. The summed E-state index contributed by atoms with van der Waals surface area (Å²) in [4.78, 5) is 39.1. The van der Waals surface area contributed by atoms with Crippen LogP contribution < -0.4 is 4.74 Å². The first-order chi connectivity index (χ1) is 17.1. The zero-order valence-corrected chi connectivity index (χ0v) is 21.4. The molecule has 8 nitrogen and oxygen atoms in total. The molecule has 0 aliphatic rings. The van der Waals surface area contributed by atoms with Gasteiger partial charge in [0.1, 0.15) is 5.75 Å². The number of aromatic nitrogens is 1. The van der Waals surface area contributed by atoms with Gasteiger partial charge in [-0.15, -0.1) is 0 Å². The Labute approximate surface area is 211 Å². The molecule has 0 unspecified atom stereocenters. The molecule has 188 valence electrons. The highest BCUT2D eigenvalue weighted by molar-refractivity contribution is 5.97. The summed E-state index contributed by atoms with van der Waals surface area (Å²) >= 11 is 0. The maximum Gasteiger partial charge on any atom is 0.337 e. The van der Waals surface area contributed by atoms with Crippen LogP contribution in [0.4, 0.5) is 0 Å². The molecule has 1 aromatic heterocycles. The van der Waals surface area contributed by atoms with E-state index in [4.69, 9.17) is 9.47 Å². The summed E-state index contributed by atoms with van der Waals surface area (Å²) in [7, 11) is 9.70. The quantitative estimate of drug-likeness (QED) is 0.356. The first-order valence-electron chi connectivity index (χ1n) is 11.3. The molecular weight excluding hydrogens is 458 g/mol. The maximum absolute atomic E-state index is 12.1. The topological polar surface area (TPSA) is 81.1 Å². The fourth-order valence-corrected chi connectivity index (χ4v) is 3.63. The van der Waals surface area contributed by atoms with Crippen LogP contribution in [-0.4, -0.2) is 74.6 Å². The van der Waals surface area contributed by atoms with Gasteiger partial charge in [0.15, 0.2) is 0 Å². The lowest BCUT2D eigenvalue weighted by molar-refractivity contribution is -0.124. The van der Waals surface area contributed by atoms with E-state index in [0.717, 1.165) is 27.6 Å². The van der Waals surface area contributed by atoms with Crippen LogP contribution in [0.5, 0.6) is 5.75 Å². The highest BCUT2D eigenvalue weighted by Gasteiger charge is 2.14. The molecule has 0 radical (unpaired) electrons. The van der Waals surface area contributed by atoms with E-state index in [1.54, 1.807) is 59.6 Å². The second-order valence-corrected chi connectivity index (χ2v) is 8.64. The van der Waals surface area contributed by atoms with Gasteiger partial charge < -0.3 is 23.8 Å². The van der Waals surface area contributed by atoms with E-state index in [1.807, 2.05) is 30.5 Å². The van der Waals surface area contributed by atoms with Gasteiger partial charge in [0, 0.05) is 68.6 Å². The van der Waals surface area contributed by atoms with Crippen molar-refractivity contribution in [3.8, 4) is 5.75 Å². The van der Waals surface area contributed by atoms with Gasteiger partial charge in [-0.3, -0.25) is 9.59 Å². The van der Waals surface area contributed by atoms with Gasteiger partial charge >= 0.3 is 5.97 Å². The number of likely N-dealkylation sites (N-methyl/N-ethyl adjacent to an activating group) is 2. The van der Waals surface area contributed by atoms with E-state index in [1.165, 1.54) is 29.1 Å². The molecule has 3 aromatic rings. The van der Waals surface area contributed by atoms with Crippen LogP contribution in [0.3, 0.4) is 0 Å². The number of benzene rings is 2. The van der Waals surface area contributed by atoms with Crippen molar-refractivity contribution in [3.05, 3.63) is 77.0 Å². The molecule has 2 aromatic carbocycles. The van der Waals surface area contributed by atoms with E-state index in [9.17, 15) is 14.4 Å². The van der Waals surface area contributed by atoms with Gasteiger partial charge in [0.05, 0.1) is 26.3 Å². The molecule has 36 heavy (non-hydrogen) atoms. The van der Waals surface area contributed by atoms with Crippen molar-refractivity contribution in [2.45, 2.75) is 6.54 Å². The zero-order chi connectivity index (χ0) is 26.4. The Balaban J connectivity index is 2.08. The van der Waals surface area contributed by atoms with E-state index < -0.39 is 5.97 Å². The Bertz CT molecular complexity index is 1350. The number of nitrogens with zero attached hydrogens (tertiary/aromatic N) is 3. The summed E-state index contributed by atoms with van der Waals surface area (Å²) in [5.74, 6) is -0.0929. The van der Waals surface area contributed by atoms with Crippen molar-refractivity contribution in [3.63, 3.8) is 0 Å². The predicted octanol–water partition coefficient (Wildman–Crippen LogP) is 3.69. The number of methoxy groups -OCH3 is 2. The number of carbonyl (C=O) groups is 3. The van der Waals surface area contributed by atoms with Gasteiger partial charge in [-0.05, 0) is 35.9 Å². The summed E-state index contributed by atoms with van der Waals surface area (Å²) in [6.07, 6.45) is 8.60. The van der Waals surface area contributed by atoms with Crippen LogP contribution in [-0.2, 0) is 20.9 Å². The highest BCUT2D eigenvalue weighted by atomic mass is 16.5. The normalized spacial score (nSPS) is 11.3. The van der Waals surface area contributed by atoms with Gasteiger partial charge in [0.25, 0.3) is 0 Å². The summed E-state index contributed by atoms with van der Waals surface area (Å²) < 4.78 is 12.4. The minimum atomic E-state index is -0.437. The number of ether oxygens (including phenoxy) is 2. The summed E-state index contributed by atoms with van der Waals surface area (Å²) in [5.41, 5.74) is 3.94. The van der Waals surface area contributed by atoms with E-state index in [-0.39, 0.29) is 11.8 Å². The minimum absolute atomic E-state index is 0.105. The zero-order valence-electron chi connectivity index (χ0n) is 21.4. The molecule has 2 amide bonds. The molecule has 0 atom stereocenters. The number of esters is 1. The molecule has 0 aliphatic carbocycles. The second-order valence-electron chi connectivity index (χ2n) is 8.64. The van der Waals surface area contributed by atoms with Crippen LogP contribution >= 0.6 is 0 Å². The molecule has 0 spiro atoms. The summed E-state index contributed by atoms with van der Waals surface area (Å²) in [6, 6.07) is 11.1. The number of rotatable bonds is 8. The molecule has 1 heterocycles. The fourth-order valence-electron chi connectivity index (χ4n) is 3.63. The SMILES string of the molecule is COC(=O)c1ccc(Cn2cc(C=CC(=O)N(C)C)c3ccc(C=CC(=O)N(C)C)cc32)c(OC)c1. The van der Waals surface area contributed by atoms with Gasteiger partial charge in [-0.1, -0.05) is 18.2 Å². The van der Waals surface area contributed by atoms with Crippen molar-refractivity contribution in [2.75, 3.05) is 42.4 Å². The molecule has 0 saturated heterocycles. The molecule has 8 heteroatoms. The van der Waals surface area contributed by atoms with Crippen LogP contribution in [0.1, 0.15) is 27.0 Å². The third-order valence-electron chi connectivity index (χ3n) is 5.69. The first-order valence-corrected chi connectivity index (χ1v) is 11.3. The second kappa shape index (κ2) is 11.4. The summed E-state index contributed by atoms with van der Waals surface area (Å²) in [6.45, 7) is 0.459. The average Bonchev–Trinajstić information content (AvgIpc) is 3.21. The number of amides is 2. The molecule has 0 aliphatic heterocycles. The monoisotopic (exact) mass is 489 g/mol. The maximum atomic E-state index is 12.1. The third kappa shape index (κ3) is 6.02. The van der Waals surface area contributed by atoms with Crippen LogP contribution in [0.2, 0.25) is 0 Å². The Morgan fingerprint density at radius 2 is 1.56 bits per heavy atom. The van der Waals surface area contributed by atoms with Crippen molar-refractivity contribution >= 4 is 40.8 Å². The fraction of sp³-hybridized carbons (Fsp3) is 0.250. The summed E-state index contributed by atoms with van der Waals surface area (Å²) in [5, 5.41) is 0.957. The largest absolute Gasteiger partial charge is 0.496 e. The van der Waals surface area contributed by atoms with E-state index in [2.05, 4.69) is 4.57 Å². The number of fused-ring (bicyclic) bond motifs is 1. The lowest BCUT2D eigenvalue weighted by Crippen LogP contribution is -2.18. The number of hydrogen-bond donors (Lipinski definition) is 0. The van der Waals surface area contributed by atoms with Gasteiger partial charge in [0.2, 0.25) is 11.8 Å². The first kappa shape index (κ1) is 26.3. The molecule has 0 fully saturated rings. The average molecular weight is 490 g/mol. The highest BCUT2D eigenvalue weighted by Crippen LogP contribution is 2.28. The third-order valence-corrected chi connectivity index (χ3v) is 5.69. The van der Waals surface area contributed by atoms with Crippen molar-refractivity contribution < 1.29 is 23.9 Å². The molecule has 0 N–H and O–H groups in total. The van der Waals surface area contributed by atoms with Crippen LogP contribution in [0.25, 0.3) is 23.1 Å². The molecule has 3 rings (SSSR count). The number of carbonyl (C=O) groups excluding carboxylic acids is 3. The Morgan fingerprint density at radius 3 is 2.17 bits per heavy atom.